The summed E-state index contributed by atoms with van der Waals surface area (Å²) in [4.78, 5) is 12.9. The van der Waals surface area contributed by atoms with E-state index in [1.54, 1.807) is 0 Å². The summed E-state index contributed by atoms with van der Waals surface area (Å²) in [7, 11) is 0. The highest BCUT2D eigenvalue weighted by molar-refractivity contribution is 5.80. The Morgan fingerprint density at radius 3 is 2.10 bits per heavy atom. The van der Waals surface area contributed by atoms with Gasteiger partial charge in [-0.2, -0.15) is 5.26 Å². The topological polar surface area (TPSA) is 68.5 Å². The maximum Gasteiger partial charge on any atom is 0.331 e. The molecule has 3 fully saturated rings. The van der Waals surface area contributed by atoms with Crippen LogP contribution in [0.3, 0.4) is 0 Å². The Balaban J connectivity index is 1.41. The Bertz CT molecular complexity index is 577. The van der Waals surface area contributed by atoms with Crippen molar-refractivity contribution < 1.29 is 19.0 Å². The molecule has 2 aliphatic carbocycles. The molecule has 0 spiro atoms. The third-order valence-electron chi connectivity index (χ3n) is 7.85. The zero-order valence-electron chi connectivity index (χ0n) is 19.8. The lowest BCUT2D eigenvalue weighted by molar-refractivity contribution is -0.247. The minimum atomic E-state index is -1.31. The molecule has 0 atom stereocenters. The molecule has 0 aromatic rings. The number of carbonyl (C=O) groups is 1. The van der Waals surface area contributed by atoms with Gasteiger partial charge < -0.3 is 14.2 Å². The predicted octanol–water partition coefficient (Wildman–Crippen LogP) is 6.16. The first-order valence-electron chi connectivity index (χ1n) is 13.0. The first-order chi connectivity index (χ1) is 15.1. The van der Waals surface area contributed by atoms with Gasteiger partial charge in [0.05, 0.1) is 19.3 Å². The van der Waals surface area contributed by atoms with Crippen molar-refractivity contribution in [3.05, 3.63) is 0 Å². The van der Waals surface area contributed by atoms with Crippen LogP contribution in [0, 0.1) is 34.5 Å². The van der Waals surface area contributed by atoms with Gasteiger partial charge in [-0.05, 0) is 63.2 Å². The van der Waals surface area contributed by atoms with E-state index in [0.29, 0.717) is 5.92 Å². The van der Waals surface area contributed by atoms with Crippen LogP contribution >= 0.6 is 0 Å². The van der Waals surface area contributed by atoms with Crippen molar-refractivity contribution in [3.63, 3.8) is 0 Å². The molecule has 3 aliphatic rings. The van der Waals surface area contributed by atoms with Crippen molar-refractivity contribution in [1.82, 2.24) is 0 Å². The molecule has 1 saturated heterocycles. The van der Waals surface area contributed by atoms with Crippen LogP contribution in [0.4, 0.5) is 0 Å². The van der Waals surface area contributed by atoms with E-state index in [-0.39, 0.29) is 25.6 Å². The molecule has 0 aromatic heterocycles. The zero-order chi connectivity index (χ0) is 22.1. The molecule has 1 heterocycles. The highest BCUT2D eigenvalue weighted by atomic mass is 16.7. The lowest BCUT2D eigenvalue weighted by atomic mass is 9.79. The summed E-state index contributed by atoms with van der Waals surface area (Å²) in [6, 6.07) is 2.17. The number of carbonyl (C=O) groups excluding carboxylic acids is 1. The van der Waals surface area contributed by atoms with E-state index in [9.17, 15) is 10.1 Å². The molecule has 0 amide bonds. The monoisotopic (exact) mass is 433 g/mol. The van der Waals surface area contributed by atoms with Crippen molar-refractivity contribution in [2.75, 3.05) is 13.2 Å². The van der Waals surface area contributed by atoms with Gasteiger partial charge >= 0.3 is 5.97 Å². The smallest absolute Gasteiger partial charge is 0.331 e. The van der Waals surface area contributed by atoms with Crippen LogP contribution in [0.1, 0.15) is 104 Å². The molecule has 5 nitrogen and oxygen atoms in total. The SMILES string of the molecule is CCCCCC1CCC([C@H]2OC[C@@](C#N)(C(=O)OC3CCC(CCC)CC3)CO2)CC1. The molecule has 0 N–H and O–H groups in total. The van der Waals surface area contributed by atoms with Crippen LogP contribution in [0.2, 0.25) is 0 Å². The summed E-state index contributed by atoms with van der Waals surface area (Å²) >= 11 is 0. The second-order valence-corrected chi connectivity index (χ2v) is 10.3. The third-order valence-corrected chi connectivity index (χ3v) is 7.85. The summed E-state index contributed by atoms with van der Waals surface area (Å²) in [6.07, 6.45) is 16.2. The first kappa shape index (κ1) is 24.5. The van der Waals surface area contributed by atoms with Gasteiger partial charge in [-0.15, -0.1) is 0 Å². The summed E-state index contributed by atoms with van der Waals surface area (Å²) in [5, 5.41) is 9.78. The number of esters is 1. The quantitative estimate of drug-likeness (QED) is 0.322. The molecule has 1 aliphatic heterocycles. The maximum atomic E-state index is 12.9. The van der Waals surface area contributed by atoms with Crippen molar-refractivity contribution in [2.24, 2.45) is 23.2 Å². The maximum absolute atomic E-state index is 12.9. The highest BCUT2D eigenvalue weighted by Crippen LogP contribution is 2.38. The molecule has 0 aromatic carbocycles. The average molecular weight is 434 g/mol. The largest absolute Gasteiger partial charge is 0.461 e. The van der Waals surface area contributed by atoms with Gasteiger partial charge in [-0.3, -0.25) is 4.79 Å². The fourth-order valence-corrected chi connectivity index (χ4v) is 5.68. The lowest BCUT2D eigenvalue weighted by Gasteiger charge is -2.40. The van der Waals surface area contributed by atoms with Crippen LogP contribution in [0.5, 0.6) is 0 Å². The summed E-state index contributed by atoms with van der Waals surface area (Å²) in [6.45, 7) is 4.66. The van der Waals surface area contributed by atoms with Gasteiger partial charge in [0.2, 0.25) is 5.41 Å². The van der Waals surface area contributed by atoms with Crippen LogP contribution in [0.15, 0.2) is 0 Å². The number of unbranched alkanes of at least 4 members (excludes halogenated alkanes) is 2. The van der Waals surface area contributed by atoms with Gasteiger partial charge in [0.25, 0.3) is 0 Å². The molecule has 31 heavy (non-hydrogen) atoms. The predicted molar refractivity (Wildman–Crippen MR) is 120 cm³/mol. The Labute approximate surface area is 189 Å². The molecule has 2 saturated carbocycles. The van der Waals surface area contributed by atoms with Crippen molar-refractivity contribution in [3.8, 4) is 6.07 Å². The highest BCUT2D eigenvalue weighted by Gasteiger charge is 2.48. The molecule has 0 radical (unpaired) electrons. The summed E-state index contributed by atoms with van der Waals surface area (Å²) < 4.78 is 17.7. The number of ether oxygens (including phenoxy) is 3. The van der Waals surface area contributed by atoms with Gasteiger partial charge in [-0.1, -0.05) is 52.4 Å². The van der Waals surface area contributed by atoms with Crippen LogP contribution in [-0.2, 0) is 19.0 Å². The molecule has 0 bridgehead atoms. The van der Waals surface area contributed by atoms with E-state index in [0.717, 1.165) is 50.4 Å². The summed E-state index contributed by atoms with van der Waals surface area (Å²) in [5.74, 6) is 1.52. The number of nitrogens with zero attached hydrogens (tertiary/aromatic N) is 1. The minimum absolute atomic E-state index is 0.0634. The van der Waals surface area contributed by atoms with E-state index < -0.39 is 11.4 Å². The Kier molecular flexibility index (Phi) is 9.66. The zero-order valence-corrected chi connectivity index (χ0v) is 19.8. The van der Waals surface area contributed by atoms with Crippen molar-refractivity contribution in [2.45, 2.75) is 116 Å². The number of rotatable bonds is 9. The fourth-order valence-electron chi connectivity index (χ4n) is 5.68. The van der Waals surface area contributed by atoms with Crippen molar-refractivity contribution in [1.29, 1.82) is 5.26 Å². The van der Waals surface area contributed by atoms with E-state index in [4.69, 9.17) is 14.2 Å². The lowest BCUT2D eigenvalue weighted by Crippen LogP contribution is -2.50. The van der Waals surface area contributed by atoms with Crippen molar-refractivity contribution >= 4 is 5.97 Å². The Morgan fingerprint density at radius 1 is 0.903 bits per heavy atom. The van der Waals surface area contributed by atoms with Gasteiger partial charge in [0.1, 0.15) is 6.10 Å². The number of hydrogen-bond acceptors (Lipinski definition) is 5. The van der Waals surface area contributed by atoms with Crippen LogP contribution in [0.25, 0.3) is 0 Å². The van der Waals surface area contributed by atoms with Gasteiger partial charge in [0, 0.05) is 5.92 Å². The molecule has 0 unspecified atom stereocenters. The van der Waals surface area contributed by atoms with E-state index in [1.165, 1.54) is 51.4 Å². The van der Waals surface area contributed by atoms with Gasteiger partial charge in [0.15, 0.2) is 6.29 Å². The Morgan fingerprint density at radius 2 is 1.52 bits per heavy atom. The summed E-state index contributed by atoms with van der Waals surface area (Å²) in [5.41, 5.74) is -1.31. The Hall–Kier alpha value is -1.12. The molecular weight excluding hydrogens is 390 g/mol. The number of hydrogen-bond donors (Lipinski definition) is 0. The number of nitriles is 1. The van der Waals surface area contributed by atoms with E-state index in [1.807, 2.05) is 0 Å². The minimum Gasteiger partial charge on any atom is -0.461 e. The molecule has 3 rings (SSSR count). The normalized spacial score (nSPS) is 36.5. The standard InChI is InChI=1S/C26H43NO4/c1-3-5-6-8-21-9-13-22(14-10-21)24-29-18-26(17-27,19-30-24)25(28)31-23-15-11-20(7-4-2)12-16-23/h20-24H,3-16,18-19H2,1-2H3/t20?,21?,22?,23?,24-,26+. The van der Waals surface area contributed by atoms with Crippen LogP contribution in [-0.4, -0.2) is 31.6 Å². The van der Waals surface area contributed by atoms with E-state index >= 15 is 0 Å². The third kappa shape index (κ3) is 6.68. The second kappa shape index (κ2) is 12.2. The van der Waals surface area contributed by atoms with Gasteiger partial charge in [-0.25, -0.2) is 0 Å². The average Bonchev–Trinajstić information content (AvgIpc) is 2.81. The van der Waals surface area contributed by atoms with E-state index in [2.05, 4.69) is 19.9 Å². The fraction of sp³-hybridized carbons (Fsp3) is 0.923. The second-order valence-electron chi connectivity index (χ2n) is 10.3. The first-order valence-corrected chi connectivity index (χ1v) is 13.0. The molecule has 5 heteroatoms. The molecule has 176 valence electrons. The van der Waals surface area contributed by atoms with Crippen LogP contribution < -0.4 is 0 Å². The molecular formula is C26H43NO4.